The first kappa shape index (κ1) is 14.1. The number of hydrogen-bond donors (Lipinski definition) is 1. The summed E-state index contributed by atoms with van der Waals surface area (Å²) in [6, 6.07) is 2.54. The molecule has 2 heteroatoms. The van der Waals surface area contributed by atoms with E-state index in [0.717, 1.165) is 5.92 Å². The van der Waals surface area contributed by atoms with Gasteiger partial charge < -0.3 is 5.73 Å². The van der Waals surface area contributed by atoms with Gasteiger partial charge in [0.15, 0.2) is 0 Å². The van der Waals surface area contributed by atoms with Gasteiger partial charge in [-0.25, -0.2) is 0 Å². The van der Waals surface area contributed by atoms with E-state index in [-0.39, 0.29) is 6.04 Å². The third-order valence-corrected chi connectivity index (χ3v) is 5.67. The van der Waals surface area contributed by atoms with Gasteiger partial charge in [0, 0.05) is 15.8 Å². The Hall–Kier alpha value is -0.340. The summed E-state index contributed by atoms with van der Waals surface area (Å²) in [6.07, 6.45) is 6.66. The van der Waals surface area contributed by atoms with Crippen LogP contribution in [0.1, 0.15) is 67.3 Å². The zero-order valence-corrected chi connectivity index (χ0v) is 13.1. The molecule has 18 heavy (non-hydrogen) atoms. The maximum Gasteiger partial charge on any atom is 0.0449 e. The quantitative estimate of drug-likeness (QED) is 0.817. The molecule has 0 radical (unpaired) electrons. The van der Waals surface area contributed by atoms with Crippen molar-refractivity contribution in [3.05, 3.63) is 21.4 Å². The summed E-state index contributed by atoms with van der Waals surface area (Å²) in [5.74, 6) is 0.746. The van der Waals surface area contributed by atoms with Crippen molar-refractivity contribution >= 4 is 11.3 Å². The maximum absolute atomic E-state index is 6.71. The Morgan fingerprint density at radius 3 is 2.33 bits per heavy atom. The van der Waals surface area contributed by atoms with E-state index in [2.05, 4.69) is 33.8 Å². The predicted octanol–water partition coefficient (Wildman–Crippen LogP) is 4.97. The molecule has 1 aliphatic carbocycles. The Kier molecular flexibility index (Phi) is 4.18. The van der Waals surface area contributed by atoms with Crippen LogP contribution >= 0.6 is 11.3 Å². The van der Waals surface area contributed by atoms with E-state index in [1.807, 2.05) is 11.3 Å². The Labute approximate surface area is 116 Å². The third-order valence-electron chi connectivity index (χ3n) is 4.44. The lowest BCUT2D eigenvalue weighted by Crippen LogP contribution is -2.33. The van der Waals surface area contributed by atoms with Gasteiger partial charge in [-0.2, -0.15) is 0 Å². The van der Waals surface area contributed by atoms with Crippen molar-refractivity contribution in [3.63, 3.8) is 0 Å². The second-order valence-electron chi connectivity index (χ2n) is 6.55. The molecule has 0 spiro atoms. The predicted molar refractivity (Wildman–Crippen MR) is 81.1 cm³/mol. The molecule has 0 aliphatic heterocycles. The molecule has 1 aromatic rings. The normalized spacial score (nSPS) is 20.6. The lowest BCUT2D eigenvalue weighted by atomic mass is 9.72. The first-order chi connectivity index (χ1) is 8.44. The molecule has 102 valence electrons. The molecular weight excluding hydrogens is 238 g/mol. The number of thiophene rings is 1. The molecule has 0 saturated heterocycles. The van der Waals surface area contributed by atoms with Crippen molar-refractivity contribution < 1.29 is 0 Å². The summed E-state index contributed by atoms with van der Waals surface area (Å²) >= 11 is 1.91. The molecule has 2 N–H and O–H groups in total. The van der Waals surface area contributed by atoms with Crippen molar-refractivity contribution in [2.24, 2.45) is 17.1 Å². The highest BCUT2D eigenvalue weighted by Crippen LogP contribution is 2.52. The fourth-order valence-electron chi connectivity index (χ4n) is 3.78. The minimum absolute atomic E-state index is 0.251. The molecule has 0 aromatic carbocycles. The maximum atomic E-state index is 6.71. The van der Waals surface area contributed by atoms with Crippen LogP contribution in [0.5, 0.6) is 0 Å². The van der Waals surface area contributed by atoms with Crippen molar-refractivity contribution in [3.8, 4) is 0 Å². The van der Waals surface area contributed by atoms with Gasteiger partial charge in [-0.15, -0.1) is 11.3 Å². The van der Waals surface area contributed by atoms with Gasteiger partial charge in [0.1, 0.15) is 0 Å². The zero-order chi connectivity index (χ0) is 13.3. The molecule has 1 atom stereocenters. The van der Waals surface area contributed by atoms with Crippen LogP contribution in [0.4, 0.5) is 0 Å². The lowest BCUT2D eigenvalue weighted by Gasteiger charge is -2.37. The highest BCUT2D eigenvalue weighted by atomic mass is 32.1. The molecule has 1 aromatic heterocycles. The number of rotatable bonds is 4. The van der Waals surface area contributed by atoms with E-state index in [4.69, 9.17) is 5.73 Å². The highest BCUT2D eigenvalue weighted by molar-refractivity contribution is 7.12. The van der Waals surface area contributed by atoms with E-state index in [9.17, 15) is 0 Å². The average Bonchev–Trinajstić information content (AvgIpc) is 2.84. The summed E-state index contributed by atoms with van der Waals surface area (Å²) in [5.41, 5.74) is 8.48. The first-order valence-electron chi connectivity index (χ1n) is 7.27. The number of aryl methyl sites for hydroxylation is 2. The summed E-state index contributed by atoms with van der Waals surface area (Å²) in [7, 11) is 0. The SMILES string of the molecule is Cc1cc(C)c(C(N)C2(CC(C)C)CCCC2)s1. The fourth-order valence-corrected chi connectivity index (χ4v) is 4.96. The van der Waals surface area contributed by atoms with Crippen LogP contribution in [0.3, 0.4) is 0 Å². The molecule has 0 bridgehead atoms. The molecule has 1 heterocycles. The number of hydrogen-bond acceptors (Lipinski definition) is 2. The second kappa shape index (κ2) is 5.34. The van der Waals surface area contributed by atoms with Gasteiger partial charge >= 0.3 is 0 Å². The highest BCUT2D eigenvalue weighted by Gasteiger charge is 2.41. The van der Waals surface area contributed by atoms with Crippen LogP contribution in [-0.4, -0.2) is 0 Å². The summed E-state index contributed by atoms with van der Waals surface area (Å²) < 4.78 is 0. The van der Waals surface area contributed by atoms with Gasteiger partial charge in [0.05, 0.1) is 0 Å². The second-order valence-corrected chi connectivity index (χ2v) is 7.84. The van der Waals surface area contributed by atoms with Crippen molar-refractivity contribution in [2.45, 2.75) is 65.8 Å². The molecule has 1 saturated carbocycles. The van der Waals surface area contributed by atoms with E-state index >= 15 is 0 Å². The minimum atomic E-state index is 0.251. The van der Waals surface area contributed by atoms with E-state index in [1.165, 1.54) is 47.4 Å². The van der Waals surface area contributed by atoms with Gasteiger partial charge in [-0.05, 0) is 56.1 Å². The summed E-state index contributed by atoms with van der Waals surface area (Å²) in [6.45, 7) is 9.08. The molecule has 1 aliphatic rings. The average molecular weight is 265 g/mol. The zero-order valence-electron chi connectivity index (χ0n) is 12.3. The molecule has 1 nitrogen and oxygen atoms in total. The Morgan fingerprint density at radius 1 is 1.28 bits per heavy atom. The monoisotopic (exact) mass is 265 g/mol. The Bertz CT molecular complexity index is 399. The molecule has 0 amide bonds. The molecular formula is C16H27NS. The van der Waals surface area contributed by atoms with Gasteiger partial charge in [0.25, 0.3) is 0 Å². The number of nitrogens with two attached hydrogens (primary N) is 1. The van der Waals surface area contributed by atoms with Crippen LogP contribution in [0.2, 0.25) is 0 Å². The third kappa shape index (κ3) is 2.65. The first-order valence-corrected chi connectivity index (χ1v) is 8.09. The van der Waals surface area contributed by atoms with Crippen LogP contribution in [0, 0.1) is 25.2 Å². The van der Waals surface area contributed by atoms with Crippen LogP contribution in [0.15, 0.2) is 6.07 Å². The van der Waals surface area contributed by atoms with Crippen molar-refractivity contribution in [2.75, 3.05) is 0 Å². The van der Waals surface area contributed by atoms with E-state index < -0.39 is 0 Å². The summed E-state index contributed by atoms with van der Waals surface area (Å²) in [5, 5.41) is 0. The Morgan fingerprint density at radius 2 is 1.89 bits per heavy atom. The van der Waals surface area contributed by atoms with E-state index in [1.54, 1.807) is 0 Å². The van der Waals surface area contributed by atoms with Crippen LogP contribution < -0.4 is 5.73 Å². The largest absolute Gasteiger partial charge is 0.323 e. The van der Waals surface area contributed by atoms with Crippen molar-refractivity contribution in [1.82, 2.24) is 0 Å². The fraction of sp³-hybridized carbons (Fsp3) is 0.750. The van der Waals surface area contributed by atoms with Crippen LogP contribution in [-0.2, 0) is 0 Å². The molecule has 1 unspecified atom stereocenters. The lowest BCUT2D eigenvalue weighted by molar-refractivity contribution is 0.185. The van der Waals surface area contributed by atoms with Gasteiger partial charge in [-0.3, -0.25) is 0 Å². The molecule has 1 fully saturated rings. The Balaban J connectivity index is 2.28. The smallest absolute Gasteiger partial charge is 0.0449 e. The van der Waals surface area contributed by atoms with Crippen molar-refractivity contribution in [1.29, 1.82) is 0 Å². The summed E-state index contributed by atoms with van der Waals surface area (Å²) in [4.78, 5) is 2.84. The van der Waals surface area contributed by atoms with Crippen LogP contribution in [0.25, 0.3) is 0 Å². The van der Waals surface area contributed by atoms with E-state index in [0.29, 0.717) is 5.41 Å². The standard InChI is InChI=1S/C16H27NS/c1-11(2)10-16(7-5-6-8-16)15(17)14-12(3)9-13(4)18-14/h9,11,15H,5-8,10,17H2,1-4H3. The topological polar surface area (TPSA) is 26.0 Å². The van der Waals surface area contributed by atoms with Gasteiger partial charge in [-0.1, -0.05) is 26.7 Å². The molecule has 2 rings (SSSR count). The minimum Gasteiger partial charge on any atom is -0.323 e. The van der Waals surface area contributed by atoms with Gasteiger partial charge in [0.2, 0.25) is 0 Å².